The highest BCUT2D eigenvalue weighted by atomic mass is 32.2. The van der Waals surface area contributed by atoms with Crippen LogP contribution >= 0.6 is 0 Å². The molecular weight excluding hydrogens is 509 g/mol. The molecule has 8 nitrogen and oxygen atoms in total. The van der Waals surface area contributed by atoms with Crippen molar-refractivity contribution in [3.8, 4) is 6.07 Å². The fraction of sp³-hybridized carbons (Fsp3) is 0.286. The molecule has 2 aromatic carbocycles. The second-order valence-corrected chi connectivity index (χ2v) is 11.0. The number of fused-ring (bicyclic) bond motifs is 1. The molecule has 2 unspecified atom stereocenters. The van der Waals surface area contributed by atoms with Gasteiger partial charge < -0.3 is 14.6 Å². The predicted octanol–water partition coefficient (Wildman–Crippen LogP) is 4.72. The van der Waals surface area contributed by atoms with Gasteiger partial charge in [0.05, 0.1) is 17.0 Å². The molecule has 1 fully saturated rings. The van der Waals surface area contributed by atoms with Crippen LogP contribution in [0.25, 0.3) is 10.9 Å². The summed E-state index contributed by atoms with van der Waals surface area (Å²) in [5, 5.41) is 20.2. The van der Waals surface area contributed by atoms with Crippen molar-refractivity contribution < 1.29 is 27.4 Å². The Balaban J connectivity index is 1.67. The van der Waals surface area contributed by atoms with Gasteiger partial charge in [-0.3, -0.25) is 0 Å². The van der Waals surface area contributed by atoms with Crippen LogP contribution < -0.4 is 0 Å². The minimum Gasteiger partial charge on any atom is -0.392 e. The van der Waals surface area contributed by atoms with E-state index in [1.54, 1.807) is 18.2 Å². The van der Waals surface area contributed by atoms with Gasteiger partial charge in [-0.25, -0.2) is 21.8 Å². The van der Waals surface area contributed by atoms with Gasteiger partial charge >= 0.3 is 0 Å². The third kappa shape index (κ3) is 4.81. The molecule has 38 heavy (non-hydrogen) atoms. The number of pyridine rings is 1. The minimum atomic E-state index is -4.02. The van der Waals surface area contributed by atoms with E-state index >= 15 is 4.39 Å². The van der Waals surface area contributed by atoms with Crippen molar-refractivity contribution >= 4 is 20.9 Å². The first kappa shape index (κ1) is 26.0. The molecular formula is C28H26FN3O5S. The van der Waals surface area contributed by atoms with E-state index < -0.39 is 34.8 Å². The lowest BCUT2D eigenvalue weighted by Gasteiger charge is -2.29. The quantitative estimate of drug-likeness (QED) is 0.364. The summed E-state index contributed by atoms with van der Waals surface area (Å²) in [5.74, 6) is -0.753. The van der Waals surface area contributed by atoms with Crippen molar-refractivity contribution in [3.05, 3.63) is 94.7 Å². The summed E-state index contributed by atoms with van der Waals surface area (Å²) in [6.07, 6.45) is 3.52. The molecule has 1 saturated heterocycles. The maximum absolute atomic E-state index is 16.0. The second-order valence-electron chi connectivity index (χ2n) is 9.17. The molecule has 10 heteroatoms. The molecule has 1 N–H and O–H groups in total. The van der Waals surface area contributed by atoms with Gasteiger partial charge in [0.25, 0.3) is 10.0 Å². The number of hydrogen-bond acceptors (Lipinski definition) is 7. The van der Waals surface area contributed by atoms with Crippen molar-refractivity contribution in [2.75, 3.05) is 6.61 Å². The van der Waals surface area contributed by atoms with Gasteiger partial charge in [-0.2, -0.15) is 5.26 Å². The van der Waals surface area contributed by atoms with E-state index in [4.69, 9.17) is 9.47 Å². The number of aryl methyl sites for hydroxylation is 1. The van der Waals surface area contributed by atoms with Gasteiger partial charge in [0, 0.05) is 30.0 Å². The Morgan fingerprint density at radius 2 is 2.03 bits per heavy atom. The lowest BCUT2D eigenvalue weighted by molar-refractivity contribution is -0.182. The summed E-state index contributed by atoms with van der Waals surface area (Å²) in [6, 6.07) is 14.2. The first-order valence-electron chi connectivity index (χ1n) is 12.2. The Kier molecular flexibility index (Phi) is 7.27. The molecule has 0 saturated carbocycles. The SMILES string of the molecule is Cc1ccc(S(=O)(=O)n2ccc3c(CO)c(C(OC4CCCCO4)c4ccnc(C#N)c4)c(F)cc32)cc1. The molecule has 5 rings (SSSR count). The fourth-order valence-corrected chi connectivity index (χ4v) is 6.09. The smallest absolute Gasteiger partial charge is 0.268 e. The van der Waals surface area contributed by atoms with Crippen LogP contribution in [0.1, 0.15) is 53.3 Å². The van der Waals surface area contributed by atoms with Crippen LogP contribution in [0.15, 0.2) is 65.8 Å². The van der Waals surface area contributed by atoms with Crippen LogP contribution in [-0.4, -0.2) is 35.4 Å². The Labute approximate surface area is 219 Å². The number of aromatic nitrogens is 2. The Morgan fingerprint density at radius 3 is 2.71 bits per heavy atom. The van der Waals surface area contributed by atoms with Crippen molar-refractivity contribution in [1.82, 2.24) is 8.96 Å². The maximum atomic E-state index is 16.0. The van der Waals surface area contributed by atoms with Crippen LogP contribution in [0.2, 0.25) is 0 Å². The number of halogens is 1. The Hall–Kier alpha value is -3.62. The molecule has 0 spiro atoms. The molecule has 2 aromatic heterocycles. The molecule has 1 aliphatic rings. The van der Waals surface area contributed by atoms with Crippen LogP contribution in [-0.2, 0) is 26.1 Å². The topological polar surface area (TPSA) is 114 Å². The zero-order valence-electron chi connectivity index (χ0n) is 20.7. The number of benzene rings is 2. The van der Waals surface area contributed by atoms with E-state index in [1.165, 1.54) is 36.7 Å². The highest BCUT2D eigenvalue weighted by Crippen LogP contribution is 2.38. The molecule has 0 radical (unpaired) electrons. The Morgan fingerprint density at radius 1 is 1.24 bits per heavy atom. The molecule has 3 heterocycles. The predicted molar refractivity (Wildman–Crippen MR) is 137 cm³/mol. The van der Waals surface area contributed by atoms with E-state index in [-0.39, 0.29) is 27.2 Å². The van der Waals surface area contributed by atoms with E-state index in [0.29, 0.717) is 24.0 Å². The van der Waals surface area contributed by atoms with Gasteiger partial charge in [-0.1, -0.05) is 17.7 Å². The van der Waals surface area contributed by atoms with Gasteiger partial charge in [0.1, 0.15) is 23.7 Å². The van der Waals surface area contributed by atoms with E-state index in [1.807, 2.05) is 13.0 Å². The highest BCUT2D eigenvalue weighted by Gasteiger charge is 2.30. The van der Waals surface area contributed by atoms with Gasteiger partial charge in [0.15, 0.2) is 6.29 Å². The fourth-order valence-electron chi connectivity index (χ4n) is 4.75. The van der Waals surface area contributed by atoms with Crippen molar-refractivity contribution in [3.63, 3.8) is 0 Å². The number of nitrogens with zero attached hydrogens (tertiary/aromatic N) is 3. The summed E-state index contributed by atoms with van der Waals surface area (Å²) >= 11 is 0. The number of hydrogen-bond donors (Lipinski definition) is 1. The summed E-state index contributed by atoms with van der Waals surface area (Å²) in [4.78, 5) is 4.06. The second kappa shape index (κ2) is 10.6. The number of aliphatic hydroxyl groups is 1. The van der Waals surface area contributed by atoms with Crippen LogP contribution in [0.4, 0.5) is 4.39 Å². The maximum Gasteiger partial charge on any atom is 0.268 e. The number of aliphatic hydroxyl groups excluding tert-OH is 1. The highest BCUT2D eigenvalue weighted by molar-refractivity contribution is 7.90. The zero-order valence-corrected chi connectivity index (χ0v) is 21.5. The van der Waals surface area contributed by atoms with Crippen LogP contribution in [0.5, 0.6) is 0 Å². The average Bonchev–Trinajstić information content (AvgIpc) is 3.36. The summed E-state index contributed by atoms with van der Waals surface area (Å²) in [7, 11) is -4.02. The first-order chi connectivity index (χ1) is 18.3. The lowest BCUT2D eigenvalue weighted by Crippen LogP contribution is -2.26. The minimum absolute atomic E-state index is 0.0507. The molecule has 0 aliphatic carbocycles. The molecule has 4 aromatic rings. The van der Waals surface area contributed by atoms with Crippen molar-refractivity contribution in [1.29, 1.82) is 5.26 Å². The van der Waals surface area contributed by atoms with Crippen molar-refractivity contribution in [2.24, 2.45) is 0 Å². The van der Waals surface area contributed by atoms with E-state index in [2.05, 4.69) is 4.98 Å². The normalized spacial score (nSPS) is 16.8. The standard InChI is InChI=1S/C28H26FN3O5S/c1-18-5-7-21(8-6-18)38(34,35)32-12-10-22-23(17-33)27(24(29)15-25(22)32)28(37-26-4-2-3-13-36-26)19-9-11-31-20(14-19)16-30/h5-12,14-15,26,28,33H,2-4,13,17H2,1H3. The monoisotopic (exact) mass is 535 g/mol. The lowest BCUT2D eigenvalue weighted by atomic mass is 9.94. The number of nitriles is 1. The first-order valence-corrected chi connectivity index (χ1v) is 13.7. The third-order valence-electron chi connectivity index (χ3n) is 6.69. The molecule has 0 bridgehead atoms. The number of rotatable bonds is 7. The number of ether oxygens (including phenoxy) is 2. The van der Waals surface area contributed by atoms with Gasteiger partial charge in [-0.05, 0) is 73.7 Å². The summed E-state index contributed by atoms with van der Waals surface area (Å²) < 4.78 is 55.8. The van der Waals surface area contributed by atoms with E-state index in [0.717, 1.165) is 28.4 Å². The molecule has 0 amide bonds. The van der Waals surface area contributed by atoms with Crippen LogP contribution in [0.3, 0.4) is 0 Å². The zero-order chi connectivity index (χ0) is 26.9. The third-order valence-corrected chi connectivity index (χ3v) is 8.39. The summed E-state index contributed by atoms with van der Waals surface area (Å²) in [5.41, 5.74) is 1.83. The Bertz CT molecular complexity index is 1620. The van der Waals surface area contributed by atoms with E-state index in [9.17, 15) is 18.8 Å². The van der Waals surface area contributed by atoms with Crippen molar-refractivity contribution in [2.45, 2.75) is 50.1 Å². The molecule has 1 aliphatic heterocycles. The largest absolute Gasteiger partial charge is 0.392 e. The molecule has 196 valence electrons. The molecule has 2 atom stereocenters. The van der Waals surface area contributed by atoms with Crippen LogP contribution in [0, 0.1) is 24.1 Å². The van der Waals surface area contributed by atoms with Gasteiger partial charge in [-0.15, -0.1) is 0 Å². The summed E-state index contributed by atoms with van der Waals surface area (Å²) in [6.45, 7) is 1.79. The average molecular weight is 536 g/mol. The van der Waals surface area contributed by atoms with Gasteiger partial charge in [0.2, 0.25) is 0 Å².